The fourth-order valence-corrected chi connectivity index (χ4v) is 1.87. The number of carbonyl (C=O) groups excluding carboxylic acids is 1. The van der Waals surface area contributed by atoms with Crippen LogP contribution in [-0.4, -0.2) is 11.0 Å². The maximum Gasteiger partial charge on any atom is 0.347 e. The van der Waals surface area contributed by atoms with Crippen molar-refractivity contribution in [2.24, 2.45) is 0 Å². The molecular formula is C15H11NO3. The second-order valence-electron chi connectivity index (χ2n) is 4.09. The lowest BCUT2D eigenvalue weighted by Crippen LogP contribution is -2.08. The number of oxazole rings is 1. The molecule has 0 fully saturated rings. The molecule has 0 spiro atoms. The maximum absolute atomic E-state index is 12.1. The van der Waals surface area contributed by atoms with Gasteiger partial charge in [0.05, 0.1) is 0 Å². The van der Waals surface area contributed by atoms with E-state index in [2.05, 4.69) is 4.98 Å². The van der Waals surface area contributed by atoms with Gasteiger partial charge in [-0.25, -0.2) is 9.78 Å². The van der Waals surface area contributed by atoms with Gasteiger partial charge in [0.25, 0.3) is 0 Å². The molecule has 19 heavy (non-hydrogen) atoms. The summed E-state index contributed by atoms with van der Waals surface area (Å²) in [7, 11) is 0. The Balaban J connectivity index is 1.98. The number of hydrogen-bond donors (Lipinski definition) is 0. The lowest BCUT2D eigenvalue weighted by Gasteiger charge is -2.03. The lowest BCUT2D eigenvalue weighted by molar-refractivity contribution is 0.0735. The molecule has 0 aliphatic heterocycles. The molecule has 1 aromatic heterocycles. The van der Waals surface area contributed by atoms with E-state index in [0.717, 1.165) is 0 Å². The third-order valence-electron chi connectivity index (χ3n) is 2.70. The minimum atomic E-state index is -0.451. The van der Waals surface area contributed by atoms with Crippen molar-refractivity contribution in [1.29, 1.82) is 0 Å². The van der Waals surface area contributed by atoms with Crippen LogP contribution in [0.15, 0.2) is 52.9 Å². The summed E-state index contributed by atoms with van der Waals surface area (Å²) >= 11 is 0. The van der Waals surface area contributed by atoms with Gasteiger partial charge < -0.3 is 9.15 Å². The Labute approximate surface area is 109 Å². The maximum atomic E-state index is 12.1. The van der Waals surface area contributed by atoms with Gasteiger partial charge >= 0.3 is 5.97 Å². The normalized spacial score (nSPS) is 10.6. The lowest BCUT2D eigenvalue weighted by atomic mass is 10.2. The number of hydrogen-bond acceptors (Lipinski definition) is 4. The van der Waals surface area contributed by atoms with Crippen LogP contribution in [0.3, 0.4) is 0 Å². The molecule has 4 heteroatoms. The smallest absolute Gasteiger partial charge is 0.347 e. The van der Waals surface area contributed by atoms with Gasteiger partial charge in [-0.2, -0.15) is 0 Å². The molecule has 94 valence electrons. The van der Waals surface area contributed by atoms with Crippen molar-refractivity contribution in [2.45, 2.75) is 6.92 Å². The van der Waals surface area contributed by atoms with Crippen LogP contribution in [0.5, 0.6) is 5.75 Å². The Bertz CT molecular complexity index is 731. The van der Waals surface area contributed by atoms with E-state index in [0.29, 0.717) is 28.3 Å². The van der Waals surface area contributed by atoms with E-state index < -0.39 is 5.97 Å². The number of esters is 1. The number of ether oxygens (including phenoxy) is 1. The molecule has 0 amide bonds. The van der Waals surface area contributed by atoms with Crippen molar-refractivity contribution in [1.82, 2.24) is 4.98 Å². The van der Waals surface area contributed by atoms with Gasteiger partial charge in [0.1, 0.15) is 16.8 Å². The van der Waals surface area contributed by atoms with Crippen molar-refractivity contribution in [2.75, 3.05) is 0 Å². The molecule has 2 aromatic carbocycles. The number of nitrogens with zero attached hydrogens (tertiary/aromatic N) is 1. The van der Waals surface area contributed by atoms with E-state index in [-0.39, 0.29) is 0 Å². The molecule has 3 rings (SSSR count). The second kappa shape index (κ2) is 4.57. The molecule has 0 atom stereocenters. The number of carbonyl (C=O) groups is 1. The second-order valence-corrected chi connectivity index (χ2v) is 4.09. The summed E-state index contributed by atoms with van der Waals surface area (Å²) in [5.74, 6) is 0.573. The number of aromatic nitrogens is 1. The highest BCUT2D eigenvalue weighted by Crippen LogP contribution is 2.21. The zero-order valence-electron chi connectivity index (χ0n) is 10.3. The van der Waals surface area contributed by atoms with Gasteiger partial charge in [0, 0.05) is 6.92 Å². The third kappa shape index (κ3) is 2.20. The number of benzene rings is 2. The first-order valence-electron chi connectivity index (χ1n) is 5.87. The summed E-state index contributed by atoms with van der Waals surface area (Å²) < 4.78 is 10.7. The Hall–Kier alpha value is -2.62. The van der Waals surface area contributed by atoms with Crippen LogP contribution in [0, 0.1) is 6.92 Å². The van der Waals surface area contributed by atoms with E-state index in [9.17, 15) is 4.79 Å². The first-order chi connectivity index (χ1) is 9.24. The van der Waals surface area contributed by atoms with E-state index >= 15 is 0 Å². The fourth-order valence-electron chi connectivity index (χ4n) is 1.87. The summed E-state index contributed by atoms with van der Waals surface area (Å²) in [6.07, 6.45) is 0. The number of para-hydroxylation sites is 2. The van der Waals surface area contributed by atoms with E-state index in [1.807, 2.05) is 18.2 Å². The van der Waals surface area contributed by atoms with Crippen LogP contribution >= 0.6 is 0 Å². The summed E-state index contributed by atoms with van der Waals surface area (Å²) in [5, 5.41) is 0. The summed E-state index contributed by atoms with van der Waals surface area (Å²) in [4.78, 5) is 16.3. The van der Waals surface area contributed by atoms with Gasteiger partial charge in [0.15, 0.2) is 11.5 Å². The van der Waals surface area contributed by atoms with E-state index in [1.54, 1.807) is 37.3 Å². The van der Waals surface area contributed by atoms with Gasteiger partial charge in [-0.05, 0) is 24.3 Å². The molecule has 0 saturated carbocycles. The molecule has 3 aromatic rings. The van der Waals surface area contributed by atoms with Gasteiger partial charge in [-0.15, -0.1) is 0 Å². The van der Waals surface area contributed by atoms with Gasteiger partial charge in [0.2, 0.25) is 0 Å². The molecular weight excluding hydrogens is 242 g/mol. The van der Waals surface area contributed by atoms with Gasteiger partial charge in [-0.3, -0.25) is 0 Å². The van der Waals surface area contributed by atoms with Crippen LogP contribution in [0.2, 0.25) is 0 Å². The first-order valence-corrected chi connectivity index (χ1v) is 5.87. The fraction of sp³-hybridized carbons (Fsp3) is 0.0667. The van der Waals surface area contributed by atoms with Crippen molar-refractivity contribution in [3.05, 3.63) is 60.0 Å². The zero-order chi connectivity index (χ0) is 13.2. The Morgan fingerprint density at radius 1 is 1.11 bits per heavy atom. The van der Waals surface area contributed by atoms with Crippen LogP contribution in [0.1, 0.15) is 16.2 Å². The zero-order valence-corrected chi connectivity index (χ0v) is 10.3. The van der Waals surface area contributed by atoms with Crippen molar-refractivity contribution in [3.63, 3.8) is 0 Å². The Kier molecular flexibility index (Phi) is 2.76. The number of fused-ring (bicyclic) bond motifs is 1. The quantitative estimate of drug-likeness (QED) is 0.519. The summed E-state index contributed by atoms with van der Waals surface area (Å²) in [6, 6.07) is 14.1. The minimum absolute atomic E-state index is 0.377. The molecule has 1 heterocycles. The standard InChI is InChI=1S/C15H11NO3/c1-10-16-13-9-5-8-12(14(13)18-10)15(17)19-11-6-3-2-4-7-11/h2-9H,1H3. The predicted octanol–water partition coefficient (Wildman–Crippen LogP) is 3.36. The van der Waals surface area contributed by atoms with Crippen LogP contribution < -0.4 is 4.74 Å². The van der Waals surface area contributed by atoms with Crippen LogP contribution in [-0.2, 0) is 0 Å². The average molecular weight is 253 g/mol. The highest BCUT2D eigenvalue weighted by molar-refractivity contribution is 6.01. The third-order valence-corrected chi connectivity index (χ3v) is 2.70. The molecule has 0 aliphatic rings. The van der Waals surface area contributed by atoms with Gasteiger partial charge in [-0.1, -0.05) is 24.3 Å². The summed E-state index contributed by atoms with van der Waals surface area (Å²) in [6.45, 7) is 1.74. The SMILES string of the molecule is Cc1nc2cccc(C(=O)Oc3ccccc3)c2o1. The summed E-state index contributed by atoms with van der Waals surface area (Å²) in [5.41, 5.74) is 1.49. The molecule has 0 bridgehead atoms. The molecule has 0 N–H and O–H groups in total. The monoisotopic (exact) mass is 253 g/mol. The van der Waals surface area contributed by atoms with Crippen LogP contribution in [0.25, 0.3) is 11.1 Å². The van der Waals surface area contributed by atoms with Crippen LogP contribution in [0.4, 0.5) is 0 Å². The van der Waals surface area contributed by atoms with Crippen molar-refractivity contribution >= 4 is 17.1 Å². The molecule has 0 aliphatic carbocycles. The van der Waals surface area contributed by atoms with Crippen molar-refractivity contribution in [3.8, 4) is 5.75 Å². The Morgan fingerprint density at radius 2 is 1.89 bits per heavy atom. The van der Waals surface area contributed by atoms with Crippen molar-refractivity contribution < 1.29 is 13.9 Å². The predicted molar refractivity (Wildman–Crippen MR) is 70.1 cm³/mol. The largest absolute Gasteiger partial charge is 0.440 e. The minimum Gasteiger partial charge on any atom is -0.440 e. The Morgan fingerprint density at radius 3 is 2.68 bits per heavy atom. The first kappa shape index (κ1) is 11.5. The van der Waals surface area contributed by atoms with E-state index in [1.165, 1.54) is 0 Å². The van der Waals surface area contributed by atoms with E-state index in [4.69, 9.17) is 9.15 Å². The molecule has 0 unspecified atom stereocenters. The molecule has 0 saturated heterocycles. The molecule has 4 nitrogen and oxygen atoms in total. The average Bonchev–Trinajstić information content (AvgIpc) is 2.79. The highest BCUT2D eigenvalue weighted by Gasteiger charge is 2.16. The highest BCUT2D eigenvalue weighted by atomic mass is 16.5. The number of aryl methyl sites for hydroxylation is 1. The number of rotatable bonds is 2. The topological polar surface area (TPSA) is 52.3 Å². The molecule has 0 radical (unpaired) electrons.